The van der Waals surface area contributed by atoms with E-state index in [1.54, 1.807) is 14.0 Å². The molecule has 0 saturated heterocycles. The van der Waals surface area contributed by atoms with Gasteiger partial charge in [0.1, 0.15) is 16.8 Å². The second-order valence-corrected chi connectivity index (χ2v) is 6.61. The fraction of sp³-hybridized carbons (Fsp3) is 0.375. The molecule has 1 atom stereocenters. The molecule has 2 amide bonds. The van der Waals surface area contributed by atoms with Gasteiger partial charge in [0.25, 0.3) is 0 Å². The van der Waals surface area contributed by atoms with E-state index in [9.17, 15) is 9.59 Å². The number of nitrogens with one attached hydrogen (secondary N) is 2. The van der Waals surface area contributed by atoms with E-state index >= 15 is 0 Å². The molecular weight excluding hydrogens is 328 g/mol. The van der Waals surface area contributed by atoms with Crippen molar-refractivity contribution in [3.8, 4) is 16.3 Å². The number of nitrogens with zero attached hydrogens (tertiary/aromatic N) is 2. The lowest BCUT2D eigenvalue weighted by Crippen LogP contribution is -2.42. The van der Waals surface area contributed by atoms with Crippen molar-refractivity contribution in [3.63, 3.8) is 0 Å². The van der Waals surface area contributed by atoms with E-state index < -0.39 is 6.04 Å². The number of ether oxygens (including phenoxy) is 1. The first-order valence-electron chi connectivity index (χ1n) is 7.66. The summed E-state index contributed by atoms with van der Waals surface area (Å²) in [6.07, 6.45) is 1.81. The second-order valence-electron chi connectivity index (χ2n) is 5.63. The summed E-state index contributed by atoms with van der Waals surface area (Å²) in [6.45, 7) is 1.65. The number of anilines is 1. The van der Waals surface area contributed by atoms with E-state index in [0.29, 0.717) is 10.1 Å². The van der Waals surface area contributed by atoms with Gasteiger partial charge in [0.05, 0.1) is 7.11 Å². The molecular formula is C16H18N4O3S. The standard InChI is InChI=1S/C16H18N4O3S/c1-9(17-14(22)10-3-4-10)13(21)18-16-20-19-15(24-16)11-5-7-12(23-2)8-6-11/h5-10H,3-4H2,1-2H3,(H,17,22)(H,18,20,21). The molecule has 1 aliphatic carbocycles. The molecule has 126 valence electrons. The first-order chi connectivity index (χ1) is 11.6. The van der Waals surface area contributed by atoms with Gasteiger partial charge in [0, 0.05) is 11.5 Å². The van der Waals surface area contributed by atoms with E-state index in [1.165, 1.54) is 11.3 Å². The van der Waals surface area contributed by atoms with E-state index in [0.717, 1.165) is 24.2 Å². The Morgan fingerprint density at radius 2 is 1.96 bits per heavy atom. The lowest BCUT2D eigenvalue weighted by atomic mass is 10.2. The Morgan fingerprint density at radius 1 is 1.25 bits per heavy atom. The molecule has 1 heterocycles. The summed E-state index contributed by atoms with van der Waals surface area (Å²) < 4.78 is 5.12. The zero-order chi connectivity index (χ0) is 17.1. The second kappa shape index (κ2) is 6.96. The van der Waals surface area contributed by atoms with Gasteiger partial charge in [0.2, 0.25) is 16.9 Å². The van der Waals surface area contributed by atoms with E-state index in [4.69, 9.17) is 4.74 Å². The fourth-order valence-electron chi connectivity index (χ4n) is 2.08. The number of hydrogen-bond donors (Lipinski definition) is 2. The van der Waals surface area contributed by atoms with E-state index in [-0.39, 0.29) is 17.7 Å². The van der Waals surface area contributed by atoms with Gasteiger partial charge in [-0.25, -0.2) is 0 Å². The first kappa shape index (κ1) is 16.4. The molecule has 8 heteroatoms. The molecule has 0 radical (unpaired) electrons. The zero-order valence-electron chi connectivity index (χ0n) is 13.4. The summed E-state index contributed by atoms with van der Waals surface area (Å²) in [4.78, 5) is 23.8. The van der Waals surface area contributed by atoms with Gasteiger partial charge in [0.15, 0.2) is 0 Å². The highest BCUT2D eigenvalue weighted by atomic mass is 32.1. The minimum atomic E-state index is -0.605. The van der Waals surface area contributed by atoms with Crippen molar-refractivity contribution in [2.45, 2.75) is 25.8 Å². The molecule has 1 aromatic heterocycles. The predicted octanol–water partition coefficient (Wildman–Crippen LogP) is 2.07. The number of carbonyl (C=O) groups excluding carboxylic acids is 2. The molecule has 1 unspecified atom stereocenters. The van der Waals surface area contributed by atoms with Gasteiger partial charge in [-0.3, -0.25) is 14.9 Å². The van der Waals surface area contributed by atoms with Crippen LogP contribution in [0, 0.1) is 5.92 Å². The molecule has 1 saturated carbocycles. The number of aromatic nitrogens is 2. The van der Waals surface area contributed by atoms with Gasteiger partial charge in [-0.1, -0.05) is 11.3 Å². The smallest absolute Gasteiger partial charge is 0.248 e. The van der Waals surface area contributed by atoms with Crippen molar-refractivity contribution in [2.24, 2.45) is 5.92 Å². The van der Waals surface area contributed by atoms with Crippen LogP contribution in [0.25, 0.3) is 10.6 Å². The predicted molar refractivity (Wildman–Crippen MR) is 90.9 cm³/mol. The highest BCUT2D eigenvalue weighted by molar-refractivity contribution is 7.18. The summed E-state index contributed by atoms with van der Waals surface area (Å²) in [5, 5.41) is 14.5. The van der Waals surface area contributed by atoms with Gasteiger partial charge in [-0.15, -0.1) is 10.2 Å². The summed E-state index contributed by atoms with van der Waals surface area (Å²) in [7, 11) is 1.61. The Kier molecular flexibility index (Phi) is 4.75. The van der Waals surface area contributed by atoms with Gasteiger partial charge >= 0.3 is 0 Å². The van der Waals surface area contributed by atoms with Crippen LogP contribution in [0.5, 0.6) is 5.75 Å². The lowest BCUT2D eigenvalue weighted by Gasteiger charge is -2.12. The number of benzene rings is 1. The van der Waals surface area contributed by atoms with Gasteiger partial charge < -0.3 is 10.1 Å². The van der Waals surface area contributed by atoms with Crippen LogP contribution in [0.2, 0.25) is 0 Å². The minimum absolute atomic E-state index is 0.0613. The monoisotopic (exact) mass is 346 g/mol. The summed E-state index contributed by atoms with van der Waals surface area (Å²) in [6, 6.07) is 6.83. The van der Waals surface area contributed by atoms with Gasteiger partial charge in [-0.05, 0) is 44.0 Å². The third-order valence-electron chi connectivity index (χ3n) is 3.69. The Balaban J connectivity index is 1.60. The van der Waals surface area contributed by atoms with Crippen molar-refractivity contribution >= 4 is 28.3 Å². The van der Waals surface area contributed by atoms with Crippen LogP contribution in [-0.2, 0) is 9.59 Å². The first-order valence-corrected chi connectivity index (χ1v) is 8.47. The lowest BCUT2D eigenvalue weighted by molar-refractivity contribution is -0.127. The molecule has 1 aliphatic rings. The molecule has 7 nitrogen and oxygen atoms in total. The fourth-order valence-corrected chi connectivity index (χ4v) is 2.83. The molecule has 1 fully saturated rings. The average molecular weight is 346 g/mol. The Hall–Kier alpha value is -2.48. The molecule has 0 aliphatic heterocycles. The van der Waals surface area contributed by atoms with Crippen molar-refractivity contribution in [1.29, 1.82) is 0 Å². The van der Waals surface area contributed by atoms with Crippen molar-refractivity contribution in [2.75, 3.05) is 12.4 Å². The maximum absolute atomic E-state index is 12.1. The molecule has 0 spiro atoms. The molecule has 3 rings (SSSR count). The molecule has 2 aromatic rings. The number of rotatable bonds is 6. The number of amides is 2. The van der Waals surface area contributed by atoms with Crippen LogP contribution in [0.4, 0.5) is 5.13 Å². The average Bonchev–Trinajstić information content (AvgIpc) is 3.35. The largest absolute Gasteiger partial charge is 0.497 e. The third-order valence-corrected chi connectivity index (χ3v) is 4.58. The number of hydrogen-bond acceptors (Lipinski definition) is 6. The highest BCUT2D eigenvalue weighted by Gasteiger charge is 2.31. The number of carbonyl (C=O) groups is 2. The van der Waals surface area contributed by atoms with Crippen molar-refractivity contribution in [3.05, 3.63) is 24.3 Å². The maximum Gasteiger partial charge on any atom is 0.248 e. The Morgan fingerprint density at radius 3 is 2.58 bits per heavy atom. The SMILES string of the molecule is COc1ccc(-c2nnc(NC(=O)C(C)NC(=O)C3CC3)s2)cc1. The highest BCUT2D eigenvalue weighted by Crippen LogP contribution is 2.29. The van der Waals surface area contributed by atoms with Crippen molar-refractivity contribution in [1.82, 2.24) is 15.5 Å². The quantitative estimate of drug-likeness (QED) is 0.835. The molecule has 0 bridgehead atoms. The summed E-state index contributed by atoms with van der Waals surface area (Å²) >= 11 is 1.28. The Labute approximate surface area is 143 Å². The van der Waals surface area contributed by atoms with Crippen LogP contribution >= 0.6 is 11.3 Å². The Bertz CT molecular complexity index is 740. The topological polar surface area (TPSA) is 93.2 Å². The third kappa shape index (κ3) is 3.88. The summed E-state index contributed by atoms with van der Waals surface area (Å²) in [5.74, 6) is 0.468. The normalized spacial score (nSPS) is 14.8. The number of methoxy groups -OCH3 is 1. The molecule has 2 N–H and O–H groups in total. The minimum Gasteiger partial charge on any atom is -0.497 e. The molecule has 1 aromatic carbocycles. The zero-order valence-corrected chi connectivity index (χ0v) is 14.2. The van der Waals surface area contributed by atoms with Crippen LogP contribution in [0.1, 0.15) is 19.8 Å². The van der Waals surface area contributed by atoms with Crippen LogP contribution in [-0.4, -0.2) is 35.2 Å². The van der Waals surface area contributed by atoms with E-state index in [2.05, 4.69) is 20.8 Å². The van der Waals surface area contributed by atoms with Crippen LogP contribution in [0.3, 0.4) is 0 Å². The van der Waals surface area contributed by atoms with Crippen LogP contribution in [0.15, 0.2) is 24.3 Å². The van der Waals surface area contributed by atoms with Crippen LogP contribution < -0.4 is 15.4 Å². The van der Waals surface area contributed by atoms with Gasteiger partial charge in [-0.2, -0.15) is 0 Å². The molecule has 24 heavy (non-hydrogen) atoms. The summed E-state index contributed by atoms with van der Waals surface area (Å²) in [5.41, 5.74) is 0.892. The van der Waals surface area contributed by atoms with Crippen molar-refractivity contribution < 1.29 is 14.3 Å². The van der Waals surface area contributed by atoms with E-state index in [1.807, 2.05) is 24.3 Å². The maximum atomic E-state index is 12.1.